The fourth-order valence-electron chi connectivity index (χ4n) is 21.7. The molecule has 16 nitrogen and oxygen atoms in total. The van der Waals surface area contributed by atoms with E-state index in [9.17, 15) is 0 Å². The highest BCUT2D eigenvalue weighted by Crippen LogP contribution is 2.48. The van der Waals surface area contributed by atoms with Crippen LogP contribution in [0.4, 0.5) is 0 Å². The van der Waals surface area contributed by atoms with Gasteiger partial charge in [-0.2, -0.15) is 0 Å². The molecule has 7 heterocycles. The zero-order valence-electron chi connectivity index (χ0n) is 71.2. The zero-order chi connectivity index (χ0) is 85.7. The number of benzene rings is 14. The number of ether oxygens (including phenoxy) is 3. The maximum atomic E-state index is 6.52. The first kappa shape index (κ1) is 76.7. The van der Waals surface area contributed by atoms with Crippen LogP contribution in [0.1, 0.15) is 38.5 Å². The predicted molar refractivity (Wildman–Crippen MR) is 516 cm³/mol. The highest BCUT2D eigenvalue weighted by atomic mass is 16.5. The van der Waals surface area contributed by atoms with Crippen LogP contribution in [-0.4, -0.2) is 68.7 Å². The third-order valence-corrected chi connectivity index (χ3v) is 27.9. The lowest BCUT2D eigenvalue weighted by Gasteiger charge is -2.18. The van der Waals surface area contributed by atoms with Crippen molar-refractivity contribution in [2.75, 3.05) is 19.8 Å². The number of rotatable bonds is 19. The third kappa shape index (κ3) is 14.0. The molecule has 21 aromatic rings. The highest BCUT2D eigenvalue weighted by molar-refractivity contribution is 6.12. The van der Waals surface area contributed by atoms with E-state index in [4.69, 9.17) is 27.5 Å². The van der Waals surface area contributed by atoms with Gasteiger partial charge in [-0.1, -0.05) is 206 Å². The highest BCUT2D eigenvalue weighted by Gasteiger charge is 2.39. The van der Waals surface area contributed by atoms with E-state index < -0.39 is 0 Å². The lowest BCUT2D eigenvalue weighted by molar-refractivity contribution is 0.227. The molecule has 7 aromatic heterocycles. The maximum Gasteiger partial charge on any atom is 0.248 e. The summed E-state index contributed by atoms with van der Waals surface area (Å²) in [4.78, 5) is 0. The van der Waals surface area contributed by atoms with Crippen molar-refractivity contribution in [2.24, 2.45) is 53.3 Å². The van der Waals surface area contributed by atoms with E-state index in [2.05, 4.69) is 322 Å². The number of hydrogen-bond donors (Lipinski definition) is 0. The van der Waals surface area contributed by atoms with Crippen molar-refractivity contribution < 1.29 is 27.5 Å². The van der Waals surface area contributed by atoms with Crippen LogP contribution in [0.25, 0.3) is 179 Å². The summed E-state index contributed by atoms with van der Waals surface area (Å²) in [5, 5.41) is 36.5. The first-order valence-corrected chi connectivity index (χ1v) is 45.4. The molecule has 0 aliphatic heterocycles. The normalized spacial score (nSPS) is 19.1. The molecule has 630 valence electrons. The molecule has 3 fully saturated rings. The molecule has 6 bridgehead atoms. The van der Waals surface area contributed by atoms with Crippen molar-refractivity contribution in [1.82, 2.24) is 48.9 Å². The Kier molecular flexibility index (Phi) is 19.1. The molecule has 6 aliphatic carbocycles. The van der Waals surface area contributed by atoms with E-state index in [1.807, 2.05) is 97.1 Å². The van der Waals surface area contributed by atoms with Crippen LogP contribution in [0.3, 0.4) is 0 Å². The molecule has 0 spiro atoms. The van der Waals surface area contributed by atoms with E-state index in [0.717, 1.165) is 133 Å². The van der Waals surface area contributed by atoms with Gasteiger partial charge in [-0.25, -0.2) is 0 Å². The first-order valence-electron chi connectivity index (χ1n) is 45.4. The van der Waals surface area contributed by atoms with Crippen molar-refractivity contribution in [1.29, 1.82) is 0 Å². The summed E-state index contributed by atoms with van der Waals surface area (Å²) in [5.41, 5.74) is 18.6. The minimum atomic E-state index is 0.458. The molecule has 3 saturated carbocycles. The summed E-state index contributed by atoms with van der Waals surface area (Å²) in [6, 6.07) is 116. The summed E-state index contributed by atoms with van der Waals surface area (Å²) in [6.45, 7) is 2.23. The van der Waals surface area contributed by atoms with Gasteiger partial charge in [0.05, 0.1) is 64.0 Å². The second-order valence-corrected chi connectivity index (χ2v) is 35.7. The minimum absolute atomic E-state index is 0.458. The Morgan fingerprint density at radius 1 is 0.215 bits per heavy atom. The maximum absolute atomic E-state index is 6.52. The Bertz CT molecular complexity index is 7680. The number of allylic oxidation sites excluding steroid dienone is 6. The van der Waals surface area contributed by atoms with E-state index in [0.29, 0.717) is 70.9 Å². The second-order valence-electron chi connectivity index (χ2n) is 35.7. The Labute approximate surface area is 749 Å². The van der Waals surface area contributed by atoms with E-state index >= 15 is 0 Å². The SMILES string of the molecule is C1=CC2CC1CC2COc1cccc(-c2nnc(-c3cc(-n4c5ccccc5c5ccccc54)cc(-n4c5ccccc5c5ccccc54)c3)o2)c1.C1=CC2CC1CC2COc1cccc(-c2nnc(-c3ccc(-n4c5ccccc5c5ccccc54)cc3)o2)c1.C1=CC2CC1CC2COc1cccc(-c2nnc(-c3cccc(-n4c5ccccc5c5ccccc54)c3)o2)c1. The Hall–Kier alpha value is -15.7. The quantitative estimate of drug-likeness (QED) is 0.0705. The molecule has 0 N–H and O–H groups in total. The molecule has 14 aromatic carbocycles. The molecule has 9 unspecified atom stereocenters. The largest absolute Gasteiger partial charge is 0.493 e. The number of nitrogens with zero attached hydrogens (tertiary/aromatic N) is 10. The molecule has 0 saturated heterocycles. The van der Waals surface area contributed by atoms with E-state index in [1.165, 1.54) is 104 Å². The summed E-state index contributed by atoms with van der Waals surface area (Å²) in [7, 11) is 0. The van der Waals surface area contributed by atoms with Crippen molar-refractivity contribution in [3.8, 4) is 109 Å². The van der Waals surface area contributed by atoms with Gasteiger partial charge in [-0.3, -0.25) is 0 Å². The number of para-hydroxylation sites is 8. The van der Waals surface area contributed by atoms with Gasteiger partial charge in [-0.15, -0.1) is 30.6 Å². The molecule has 130 heavy (non-hydrogen) atoms. The lowest BCUT2D eigenvalue weighted by Crippen LogP contribution is -2.16. The first-order chi connectivity index (χ1) is 64.3. The fourth-order valence-corrected chi connectivity index (χ4v) is 21.7. The van der Waals surface area contributed by atoms with Gasteiger partial charge < -0.3 is 45.7 Å². The molecule has 0 radical (unpaired) electrons. The molecule has 27 rings (SSSR count). The average Bonchev–Trinajstić information content (AvgIpc) is 1.59. The topological polar surface area (TPSA) is 164 Å². The fraction of sp³-hybridized carbons (Fsp3) is 0.158. The predicted octanol–water partition coefficient (Wildman–Crippen LogP) is 27.4. The standard InChI is InChI=1S/C46H34N4O2.2C34H27N3O2/c1-5-16-41-37(12-1)38-13-2-6-17-42(38)49(41)34-24-32(25-35(27-34)50-43-18-7-3-14-39(43)40-15-4-8-19-44(40)50)46-48-47-45(52-46)31-10-9-11-36(26-31)51-28-33-23-29-20-21-30(33)22-29;1-3-13-31-29(11-1)30-12-2-4-14-32(30)37(31)27-9-5-7-24(19-27)33-35-36-34(39-33)25-8-6-10-28(20-25)38-21-26-18-22-15-16-23(26)17-22;1-3-10-31-29(8-1)30-9-2-4-11-32(30)37(31)27-16-14-23(15-17-27)33-35-36-34(39-33)25-6-5-7-28(20-25)38-21-26-19-22-12-13-24(26)18-22/h1-21,24-27,29-30,33H,22-23,28H2;1-16,19-20,22-23,26H,17-18,21H2;1-17,20,22,24,26H,18-19,21H2. The molecule has 0 amide bonds. The Balaban J connectivity index is 0.000000107. The van der Waals surface area contributed by atoms with Crippen molar-refractivity contribution in [3.63, 3.8) is 0 Å². The van der Waals surface area contributed by atoms with E-state index in [1.54, 1.807) is 0 Å². The molecular weight excluding hydrogens is 1610 g/mol. The van der Waals surface area contributed by atoms with Gasteiger partial charge in [0.15, 0.2) is 0 Å². The zero-order valence-corrected chi connectivity index (χ0v) is 71.2. The van der Waals surface area contributed by atoms with Gasteiger partial charge in [0.25, 0.3) is 0 Å². The summed E-state index contributed by atoms with van der Waals surface area (Å²) >= 11 is 0. The van der Waals surface area contributed by atoms with Crippen LogP contribution in [0, 0.1) is 53.3 Å². The number of hydrogen-bond acceptors (Lipinski definition) is 12. The van der Waals surface area contributed by atoms with Crippen LogP contribution in [0.15, 0.2) is 383 Å². The summed E-state index contributed by atoms with van der Waals surface area (Å²) < 4.78 is 46.8. The van der Waals surface area contributed by atoms with Crippen molar-refractivity contribution in [2.45, 2.75) is 38.5 Å². The van der Waals surface area contributed by atoms with Gasteiger partial charge in [-0.05, 0) is 256 Å². The van der Waals surface area contributed by atoms with E-state index in [-0.39, 0.29) is 0 Å². The van der Waals surface area contributed by atoms with Crippen molar-refractivity contribution >= 4 is 87.2 Å². The van der Waals surface area contributed by atoms with Gasteiger partial charge in [0, 0.05) is 99.2 Å². The smallest absolute Gasteiger partial charge is 0.248 e. The van der Waals surface area contributed by atoms with Crippen LogP contribution in [0.5, 0.6) is 17.2 Å². The van der Waals surface area contributed by atoms with Crippen LogP contribution in [0.2, 0.25) is 0 Å². The molecule has 9 atom stereocenters. The molecule has 6 aliphatic rings. The Morgan fingerprint density at radius 2 is 0.477 bits per heavy atom. The van der Waals surface area contributed by atoms with Crippen LogP contribution >= 0.6 is 0 Å². The second kappa shape index (κ2) is 32.3. The summed E-state index contributed by atoms with van der Waals surface area (Å²) in [6.07, 6.45) is 21.8. The van der Waals surface area contributed by atoms with Crippen LogP contribution < -0.4 is 14.2 Å². The monoisotopic (exact) mass is 1690 g/mol. The Morgan fingerprint density at radius 3 is 0.777 bits per heavy atom. The van der Waals surface area contributed by atoms with Crippen LogP contribution in [-0.2, 0) is 0 Å². The van der Waals surface area contributed by atoms with Gasteiger partial charge >= 0.3 is 0 Å². The summed E-state index contributed by atoms with van der Waals surface area (Å²) in [5.74, 6) is 11.4. The molecular formula is C114H88N10O6. The third-order valence-electron chi connectivity index (χ3n) is 27.9. The average molecular weight is 1690 g/mol. The lowest BCUT2D eigenvalue weighted by atomic mass is 9.95. The minimum Gasteiger partial charge on any atom is -0.493 e. The number of aromatic nitrogens is 10. The number of fused-ring (bicyclic) bond motifs is 18. The van der Waals surface area contributed by atoms with Crippen molar-refractivity contribution in [3.05, 3.63) is 370 Å². The van der Waals surface area contributed by atoms with Gasteiger partial charge in [0.1, 0.15) is 17.2 Å². The molecule has 16 heteroatoms. The van der Waals surface area contributed by atoms with Gasteiger partial charge in [0.2, 0.25) is 35.3 Å².